The molecule has 1 amide bonds. The van der Waals surface area contributed by atoms with E-state index in [9.17, 15) is 9.18 Å². The number of amides is 1. The second kappa shape index (κ2) is 7.79. The van der Waals surface area contributed by atoms with Crippen LogP contribution in [0.4, 0.5) is 10.1 Å². The summed E-state index contributed by atoms with van der Waals surface area (Å²) in [5.41, 5.74) is 1.45. The molecule has 2 nitrogen and oxygen atoms in total. The first-order valence-electron chi connectivity index (χ1n) is 9.38. The minimum Gasteiger partial charge on any atom is -0.303 e. The van der Waals surface area contributed by atoms with E-state index in [1.54, 1.807) is 12.1 Å². The first-order chi connectivity index (χ1) is 12.5. The van der Waals surface area contributed by atoms with Gasteiger partial charge in [-0.3, -0.25) is 4.79 Å². The van der Waals surface area contributed by atoms with Gasteiger partial charge in [-0.1, -0.05) is 56.8 Å². The molecular weight excluding hydrogens is 349 g/mol. The van der Waals surface area contributed by atoms with E-state index in [2.05, 4.69) is 13.8 Å². The molecule has 0 saturated carbocycles. The number of carbonyl (C=O) groups excluding carboxylic acids is 1. The number of unbranched alkanes of at least 4 members (excludes halogenated alkanes) is 1. The van der Waals surface area contributed by atoms with Gasteiger partial charge in [-0.2, -0.15) is 0 Å². The van der Waals surface area contributed by atoms with Crippen LogP contribution in [0.25, 0.3) is 0 Å². The Balaban J connectivity index is 2.05. The summed E-state index contributed by atoms with van der Waals surface area (Å²) in [6, 6.07) is 13.9. The molecule has 0 spiro atoms. The van der Waals surface area contributed by atoms with E-state index in [0.717, 1.165) is 43.4 Å². The van der Waals surface area contributed by atoms with E-state index in [1.165, 1.54) is 12.1 Å². The topological polar surface area (TPSA) is 20.3 Å². The molecule has 0 bridgehead atoms. The Labute approximate surface area is 160 Å². The average molecular weight is 374 g/mol. The quantitative estimate of drug-likeness (QED) is 0.504. The molecule has 26 heavy (non-hydrogen) atoms. The number of hydrogen-bond acceptors (Lipinski definition) is 1. The highest BCUT2D eigenvalue weighted by molar-refractivity contribution is 6.30. The highest BCUT2D eigenvalue weighted by Crippen LogP contribution is 2.57. The van der Waals surface area contributed by atoms with Crippen molar-refractivity contribution >= 4 is 23.2 Å². The third-order valence-electron chi connectivity index (χ3n) is 5.39. The summed E-state index contributed by atoms with van der Waals surface area (Å²) in [5, 5.41) is 0.683. The fourth-order valence-electron chi connectivity index (χ4n) is 4.19. The van der Waals surface area contributed by atoms with Gasteiger partial charge in [0.25, 0.3) is 0 Å². The Morgan fingerprint density at radius 1 is 1.00 bits per heavy atom. The molecule has 1 heterocycles. The number of halogens is 2. The molecule has 1 saturated heterocycles. The summed E-state index contributed by atoms with van der Waals surface area (Å²) < 4.78 is 13.4. The molecule has 1 aliphatic heterocycles. The molecule has 2 aromatic carbocycles. The minimum absolute atomic E-state index is 0.0378. The van der Waals surface area contributed by atoms with Crippen molar-refractivity contribution in [2.45, 2.75) is 52.0 Å². The first kappa shape index (κ1) is 18.9. The number of rotatable bonds is 7. The SMILES string of the molecule is CCCCC1(CCC)C(=O)N(c2ccc(F)cc2)C1c1ccc(Cl)cc1. The fraction of sp³-hybridized carbons (Fsp3) is 0.409. The van der Waals surface area contributed by atoms with Crippen molar-refractivity contribution in [1.82, 2.24) is 0 Å². The van der Waals surface area contributed by atoms with E-state index in [1.807, 2.05) is 29.2 Å². The maximum Gasteiger partial charge on any atom is 0.236 e. The lowest BCUT2D eigenvalue weighted by Gasteiger charge is -2.57. The average Bonchev–Trinajstić information content (AvgIpc) is 2.65. The second-order valence-electron chi connectivity index (χ2n) is 7.12. The standard InChI is InChI=1S/C22H25ClFNO/c1-3-5-15-22(14-4-2)20(16-6-8-17(23)9-7-16)25(21(22)26)19-12-10-18(24)11-13-19/h6-13,20H,3-5,14-15H2,1-2H3. The van der Waals surface area contributed by atoms with Crippen LogP contribution in [-0.4, -0.2) is 5.91 Å². The van der Waals surface area contributed by atoms with Gasteiger partial charge in [0.1, 0.15) is 5.82 Å². The summed E-state index contributed by atoms with van der Waals surface area (Å²) in [7, 11) is 0. The van der Waals surface area contributed by atoms with Gasteiger partial charge in [-0.05, 0) is 54.8 Å². The van der Waals surface area contributed by atoms with E-state index < -0.39 is 0 Å². The lowest BCUT2D eigenvalue weighted by molar-refractivity contribution is -0.142. The highest BCUT2D eigenvalue weighted by atomic mass is 35.5. The summed E-state index contributed by atoms with van der Waals surface area (Å²) in [4.78, 5) is 15.1. The molecule has 2 atom stereocenters. The van der Waals surface area contributed by atoms with E-state index in [4.69, 9.17) is 11.6 Å². The molecule has 1 fully saturated rings. The van der Waals surface area contributed by atoms with Gasteiger partial charge in [-0.15, -0.1) is 0 Å². The Morgan fingerprint density at radius 2 is 1.65 bits per heavy atom. The van der Waals surface area contributed by atoms with Crippen molar-refractivity contribution in [2.75, 3.05) is 4.90 Å². The number of hydrogen-bond donors (Lipinski definition) is 0. The van der Waals surface area contributed by atoms with Gasteiger partial charge < -0.3 is 4.90 Å². The largest absolute Gasteiger partial charge is 0.303 e. The predicted molar refractivity (Wildman–Crippen MR) is 105 cm³/mol. The van der Waals surface area contributed by atoms with Crippen molar-refractivity contribution in [3.05, 3.63) is 64.9 Å². The summed E-state index contributed by atoms with van der Waals surface area (Å²) >= 11 is 6.07. The van der Waals surface area contributed by atoms with Crippen LogP contribution in [0.15, 0.2) is 48.5 Å². The Morgan fingerprint density at radius 3 is 2.23 bits per heavy atom. The van der Waals surface area contributed by atoms with Gasteiger partial charge >= 0.3 is 0 Å². The Kier molecular flexibility index (Phi) is 5.67. The van der Waals surface area contributed by atoms with Crippen LogP contribution in [0.3, 0.4) is 0 Å². The van der Waals surface area contributed by atoms with Crippen molar-refractivity contribution in [2.24, 2.45) is 5.41 Å². The zero-order valence-electron chi connectivity index (χ0n) is 15.3. The highest BCUT2D eigenvalue weighted by Gasteiger charge is 2.60. The number of β-lactam (4-membered cyclic amide) rings is 1. The number of nitrogens with zero attached hydrogens (tertiary/aromatic N) is 1. The van der Waals surface area contributed by atoms with Crippen LogP contribution in [0.1, 0.15) is 57.6 Å². The number of carbonyl (C=O) groups is 1. The van der Waals surface area contributed by atoms with Gasteiger partial charge in [0.05, 0.1) is 11.5 Å². The van der Waals surface area contributed by atoms with Crippen LogP contribution < -0.4 is 4.90 Å². The second-order valence-corrected chi connectivity index (χ2v) is 7.55. The Bertz CT molecular complexity index is 759. The lowest BCUT2D eigenvalue weighted by atomic mass is 9.62. The molecule has 0 radical (unpaired) electrons. The van der Waals surface area contributed by atoms with Crippen LogP contribution in [-0.2, 0) is 4.79 Å². The van der Waals surface area contributed by atoms with Crippen LogP contribution >= 0.6 is 11.6 Å². The predicted octanol–water partition coefficient (Wildman–Crippen LogP) is 6.54. The lowest BCUT2D eigenvalue weighted by Crippen LogP contribution is -2.63. The molecule has 3 rings (SSSR count). The van der Waals surface area contributed by atoms with Crippen molar-refractivity contribution in [1.29, 1.82) is 0 Å². The van der Waals surface area contributed by atoms with Gasteiger partial charge in [0.2, 0.25) is 5.91 Å². The number of anilines is 1. The fourth-order valence-corrected chi connectivity index (χ4v) is 4.31. The molecule has 0 aliphatic carbocycles. The van der Waals surface area contributed by atoms with Crippen LogP contribution in [0.5, 0.6) is 0 Å². The molecule has 4 heteroatoms. The zero-order chi connectivity index (χ0) is 18.7. The zero-order valence-corrected chi connectivity index (χ0v) is 16.1. The van der Waals surface area contributed by atoms with E-state index in [-0.39, 0.29) is 23.2 Å². The Hall–Kier alpha value is -1.87. The first-order valence-corrected chi connectivity index (χ1v) is 9.76. The normalized spacial score (nSPS) is 22.4. The molecule has 2 unspecified atom stereocenters. The number of benzene rings is 2. The maximum atomic E-state index is 13.4. The van der Waals surface area contributed by atoms with Crippen LogP contribution in [0, 0.1) is 11.2 Å². The minimum atomic E-state index is -0.382. The maximum absolute atomic E-state index is 13.4. The monoisotopic (exact) mass is 373 g/mol. The molecule has 0 aromatic heterocycles. The van der Waals surface area contributed by atoms with Gasteiger partial charge in [-0.25, -0.2) is 4.39 Å². The van der Waals surface area contributed by atoms with Crippen molar-refractivity contribution in [3.63, 3.8) is 0 Å². The third-order valence-corrected chi connectivity index (χ3v) is 5.64. The molecule has 1 aliphatic rings. The molecular formula is C22H25ClFNO. The van der Waals surface area contributed by atoms with Crippen LogP contribution in [0.2, 0.25) is 5.02 Å². The summed E-state index contributed by atoms with van der Waals surface area (Å²) in [6.45, 7) is 4.28. The van der Waals surface area contributed by atoms with Gasteiger partial charge in [0.15, 0.2) is 0 Å². The van der Waals surface area contributed by atoms with Gasteiger partial charge in [0, 0.05) is 10.7 Å². The van der Waals surface area contributed by atoms with E-state index >= 15 is 0 Å². The van der Waals surface area contributed by atoms with E-state index in [0.29, 0.717) is 5.02 Å². The van der Waals surface area contributed by atoms with Crippen molar-refractivity contribution in [3.8, 4) is 0 Å². The molecule has 138 valence electrons. The van der Waals surface area contributed by atoms with Crippen molar-refractivity contribution < 1.29 is 9.18 Å². The summed E-state index contributed by atoms with van der Waals surface area (Å²) in [6.07, 6.45) is 4.77. The smallest absolute Gasteiger partial charge is 0.236 e. The third kappa shape index (κ3) is 3.25. The molecule has 2 aromatic rings. The summed E-state index contributed by atoms with van der Waals surface area (Å²) in [5.74, 6) is -0.144. The molecule has 0 N–H and O–H groups in total.